The summed E-state index contributed by atoms with van der Waals surface area (Å²) in [4.78, 5) is 34.2. The molecule has 20 heavy (non-hydrogen) atoms. The molecule has 0 fully saturated rings. The van der Waals surface area contributed by atoms with Crippen molar-refractivity contribution in [1.29, 1.82) is 0 Å². The lowest BCUT2D eigenvalue weighted by atomic mass is 10.3. The molecule has 0 aliphatic carbocycles. The van der Waals surface area contributed by atoms with Crippen molar-refractivity contribution in [1.82, 2.24) is 10.6 Å². The van der Waals surface area contributed by atoms with Crippen LogP contribution in [0, 0.1) is 0 Å². The van der Waals surface area contributed by atoms with Crippen LogP contribution >= 0.6 is 15.9 Å². The van der Waals surface area contributed by atoms with Crippen molar-refractivity contribution in [3.63, 3.8) is 0 Å². The molecule has 0 bridgehead atoms. The van der Waals surface area contributed by atoms with E-state index in [1.165, 1.54) is 12.1 Å². The Balaban J connectivity index is 2.43. The molecule has 9 heteroatoms. The van der Waals surface area contributed by atoms with Crippen molar-refractivity contribution < 1.29 is 28.6 Å². The van der Waals surface area contributed by atoms with Crippen molar-refractivity contribution in [3.8, 4) is 0 Å². The molecular formula is C11H13BrN2O6. The van der Waals surface area contributed by atoms with E-state index >= 15 is 0 Å². The number of hydrogen-bond donors (Lipinski definition) is 3. The first-order valence-electron chi connectivity index (χ1n) is 5.49. The van der Waals surface area contributed by atoms with Crippen molar-refractivity contribution in [3.05, 3.63) is 22.6 Å². The maximum absolute atomic E-state index is 11.6. The fourth-order valence-electron chi connectivity index (χ4n) is 1.25. The lowest BCUT2D eigenvalue weighted by Crippen LogP contribution is -2.47. The summed E-state index contributed by atoms with van der Waals surface area (Å²) >= 11 is 3.04. The molecule has 0 saturated heterocycles. The van der Waals surface area contributed by atoms with E-state index < -0.39 is 30.4 Å². The van der Waals surface area contributed by atoms with Crippen molar-refractivity contribution in [2.24, 2.45) is 0 Å². The maximum Gasteiger partial charge on any atom is 0.330 e. The van der Waals surface area contributed by atoms with Gasteiger partial charge in [-0.15, -0.1) is 0 Å². The number of ether oxygens (including phenoxy) is 1. The summed E-state index contributed by atoms with van der Waals surface area (Å²) in [5, 5.41) is 13.4. The minimum absolute atomic E-state index is 0.0383. The Bertz CT molecular complexity index is 501. The van der Waals surface area contributed by atoms with Gasteiger partial charge in [0.25, 0.3) is 5.91 Å². The molecule has 1 aromatic rings. The van der Waals surface area contributed by atoms with Gasteiger partial charge in [0.15, 0.2) is 16.5 Å². The Morgan fingerprint density at radius 2 is 2.15 bits per heavy atom. The Kier molecular flexibility index (Phi) is 6.19. The van der Waals surface area contributed by atoms with Crippen LogP contribution in [-0.2, 0) is 14.3 Å². The van der Waals surface area contributed by atoms with E-state index in [2.05, 4.69) is 31.3 Å². The molecule has 110 valence electrons. The van der Waals surface area contributed by atoms with E-state index in [9.17, 15) is 14.4 Å². The molecule has 0 saturated carbocycles. The SMILES string of the molecule is COC(=O)[C@@H](CO)NC(=O)CNC(=O)c1ccc(Br)o1. The number of aliphatic hydroxyl groups excluding tert-OH is 1. The second-order valence-electron chi connectivity index (χ2n) is 3.61. The van der Waals surface area contributed by atoms with E-state index in [0.717, 1.165) is 7.11 Å². The van der Waals surface area contributed by atoms with Gasteiger partial charge in [0, 0.05) is 0 Å². The first kappa shape index (κ1) is 16.2. The van der Waals surface area contributed by atoms with Crippen LogP contribution in [0.25, 0.3) is 0 Å². The fourth-order valence-corrected chi connectivity index (χ4v) is 1.56. The molecule has 0 radical (unpaired) electrons. The van der Waals surface area contributed by atoms with Crippen LogP contribution in [0.5, 0.6) is 0 Å². The zero-order chi connectivity index (χ0) is 15.1. The molecule has 0 aliphatic heterocycles. The third-order valence-electron chi connectivity index (χ3n) is 2.21. The molecule has 0 aromatic carbocycles. The van der Waals surface area contributed by atoms with E-state index in [1.807, 2.05) is 0 Å². The second kappa shape index (κ2) is 7.65. The van der Waals surface area contributed by atoms with Crippen LogP contribution < -0.4 is 10.6 Å². The number of nitrogens with one attached hydrogen (secondary N) is 2. The average Bonchev–Trinajstić information content (AvgIpc) is 2.87. The smallest absolute Gasteiger partial charge is 0.330 e. The summed E-state index contributed by atoms with van der Waals surface area (Å²) in [6.45, 7) is -0.970. The predicted octanol–water partition coefficient (Wildman–Crippen LogP) is -0.578. The normalized spacial score (nSPS) is 11.6. The minimum atomic E-state index is -1.16. The summed E-state index contributed by atoms with van der Waals surface area (Å²) < 4.78 is 9.76. The van der Waals surface area contributed by atoms with Crippen LogP contribution in [0.4, 0.5) is 0 Å². The average molecular weight is 349 g/mol. The van der Waals surface area contributed by atoms with Crippen LogP contribution in [0.3, 0.4) is 0 Å². The highest BCUT2D eigenvalue weighted by atomic mass is 79.9. The Morgan fingerprint density at radius 3 is 2.65 bits per heavy atom. The number of hydrogen-bond acceptors (Lipinski definition) is 6. The van der Waals surface area contributed by atoms with Gasteiger partial charge in [-0.05, 0) is 28.1 Å². The number of carbonyl (C=O) groups excluding carboxylic acids is 3. The van der Waals surface area contributed by atoms with Crippen molar-refractivity contribution >= 4 is 33.7 Å². The quantitative estimate of drug-likeness (QED) is 0.592. The summed E-state index contributed by atoms with van der Waals surface area (Å²) in [6, 6.07) is 1.80. The number of aliphatic hydroxyl groups is 1. The number of amides is 2. The Morgan fingerprint density at radius 1 is 1.45 bits per heavy atom. The van der Waals surface area contributed by atoms with Gasteiger partial charge in [-0.3, -0.25) is 9.59 Å². The topological polar surface area (TPSA) is 118 Å². The standard InChI is InChI=1S/C11H13BrN2O6/c1-19-11(18)6(5-15)14-9(16)4-13-10(17)7-2-3-8(12)20-7/h2-3,6,15H,4-5H2,1H3,(H,13,17)(H,14,16)/t6-/m1/s1. The molecular weight excluding hydrogens is 336 g/mol. The third-order valence-corrected chi connectivity index (χ3v) is 2.64. The number of carbonyl (C=O) groups is 3. The summed E-state index contributed by atoms with van der Waals surface area (Å²) in [5.74, 6) is -1.96. The number of methoxy groups -OCH3 is 1. The van der Waals surface area contributed by atoms with Crippen molar-refractivity contribution in [2.75, 3.05) is 20.3 Å². The predicted molar refractivity (Wildman–Crippen MR) is 69.8 cm³/mol. The Labute approximate surface area is 122 Å². The number of halogens is 1. The van der Waals surface area contributed by atoms with E-state index in [1.54, 1.807) is 0 Å². The summed E-state index contributed by atoms with van der Waals surface area (Å²) in [6.07, 6.45) is 0. The molecule has 2 amide bonds. The maximum atomic E-state index is 11.6. The largest absolute Gasteiger partial charge is 0.467 e. The highest BCUT2D eigenvalue weighted by Gasteiger charge is 2.20. The highest BCUT2D eigenvalue weighted by Crippen LogP contribution is 2.13. The zero-order valence-corrected chi connectivity index (χ0v) is 12.1. The van der Waals surface area contributed by atoms with Crippen molar-refractivity contribution in [2.45, 2.75) is 6.04 Å². The first-order valence-corrected chi connectivity index (χ1v) is 6.28. The highest BCUT2D eigenvalue weighted by molar-refractivity contribution is 9.10. The minimum Gasteiger partial charge on any atom is -0.467 e. The molecule has 0 spiro atoms. The molecule has 1 heterocycles. The van der Waals surface area contributed by atoms with Gasteiger partial charge in [0.2, 0.25) is 5.91 Å². The molecule has 1 aromatic heterocycles. The fraction of sp³-hybridized carbons (Fsp3) is 0.364. The van der Waals surface area contributed by atoms with Crippen LogP contribution in [0.2, 0.25) is 0 Å². The van der Waals surface area contributed by atoms with Gasteiger partial charge in [-0.1, -0.05) is 0 Å². The van der Waals surface area contributed by atoms with Gasteiger partial charge in [0.05, 0.1) is 20.3 Å². The summed E-state index contributed by atoms with van der Waals surface area (Å²) in [5.41, 5.74) is 0. The van der Waals surface area contributed by atoms with E-state index in [4.69, 9.17) is 9.52 Å². The number of esters is 1. The Hall–Kier alpha value is -1.87. The zero-order valence-electron chi connectivity index (χ0n) is 10.5. The molecule has 1 rings (SSSR count). The van der Waals surface area contributed by atoms with Gasteiger partial charge in [-0.25, -0.2) is 4.79 Å². The second-order valence-corrected chi connectivity index (χ2v) is 4.39. The third kappa shape index (κ3) is 4.67. The molecule has 8 nitrogen and oxygen atoms in total. The van der Waals surface area contributed by atoms with Gasteiger partial charge >= 0.3 is 5.97 Å². The van der Waals surface area contributed by atoms with E-state index in [0.29, 0.717) is 4.67 Å². The monoisotopic (exact) mass is 348 g/mol. The first-order chi connectivity index (χ1) is 9.47. The molecule has 1 atom stereocenters. The van der Waals surface area contributed by atoms with Crippen LogP contribution in [0.15, 0.2) is 21.2 Å². The van der Waals surface area contributed by atoms with Gasteiger partial charge in [-0.2, -0.15) is 0 Å². The van der Waals surface area contributed by atoms with Crippen LogP contribution in [-0.4, -0.2) is 49.2 Å². The molecule has 3 N–H and O–H groups in total. The molecule has 0 unspecified atom stereocenters. The van der Waals surface area contributed by atoms with Gasteiger partial charge in [0.1, 0.15) is 0 Å². The molecule has 0 aliphatic rings. The number of rotatable bonds is 6. The summed E-state index contributed by atoms with van der Waals surface area (Å²) in [7, 11) is 1.13. The van der Waals surface area contributed by atoms with E-state index in [-0.39, 0.29) is 12.3 Å². The lowest BCUT2D eigenvalue weighted by Gasteiger charge is -2.13. The lowest BCUT2D eigenvalue weighted by molar-refractivity contribution is -0.146. The van der Waals surface area contributed by atoms with Crippen LogP contribution in [0.1, 0.15) is 10.6 Å². The van der Waals surface area contributed by atoms with Gasteiger partial charge < -0.3 is 24.9 Å². The number of furan rings is 1.